The molecule has 22 heavy (non-hydrogen) atoms. The summed E-state index contributed by atoms with van der Waals surface area (Å²) in [6, 6.07) is 10.1. The highest BCUT2D eigenvalue weighted by Crippen LogP contribution is 2.18. The molecule has 0 aromatic heterocycles. The van der Waals surface area contributed by atoms with Crippen LogP contribution in [0.3, 0.4) is 0 Å². The van der Waals surface area contributed by atoms with E-state index in [0.717, 1.165) is 12.8 Å². The second-order valence-electron chi connectivity index (χ2n) is 5.96. The number of rotatable bonds is 5. The lowest BCUT2D eigenvalue weighted by Gasteiger charge is -2.30. The Hall–Kier alpha value is -2.04. The number of nitrogens with one attached hydrogen (secondary N) is 1. The van der Waals surface area contributed by atoms with Gasteiger partial charge in [-0.15, -0.1) is 0 Å². The molecule has 0 aliphatic carbocycles. The molecule has 120 valence electrons. The predicted molar refractivity (Wildman–Crippen MR) is 84.8 cm³/mol. The Kier molecular flexibility index (Phi) is 5.81. The van der Waals surface area contributed by atoms with Crippen LogP contribution in [-0.4, -0.2) is 41.6 Å². The third-order valence-electron chi connectivity index (χ3n) is 4.28. The van der Waals surface area contributed by atoms with Crippen molar-refractivity contribution in [1.82, 2.24) is 10.2 Å². The van der Waals surface area contributed by atoms with Crippen LogP contribution in [0, 0.1) is 5.92 Å². The van der Waals surface area contributed by atoms with E-state index in [-0.39, 0.29) is 6.03 Å². The summed E-state index contributed by atoms with van der Waals surface area (Å²) in [7, 11) is 0. The van der Waals surface area contributed by atoms with E-state index in [1.807, 2.05) is 18.2 Å². The lowest BCUT2D eigenvalue weighted by molar-refractivity contribution is -0.143. The molecule has 2 rings (SSSR count). The Balaban J connectivity index is 1.74. The molecule has 1 aromatic carbocycles. The van der Waals surface area contributed by atoms with Crippen molar-refractivity contribution < 1.29 is 14.7 Å². The molecule has 2 N–H and O–H groups in total. The number of nitrogens with zero attached hydrogens (tertiary/aromatic N) is 1. The van der Waals surface area contributed by atoms with Crippen LogP contribution in [0.2, 0.25) is 0 Å². The number of carboxylic acid groups (broad SMARTS) is 1. The summed E-state index contributed by atoms with van der Waals surface area (Å²) < 4.78 is 0. The quantitative estimate of drug-likeness (QED) is 0.878. The molecule has 2 unspecified atom stereocenters. The molecule has 0 radical (unpaired) electrons. The lowest BCUT2D eigenvalue weighted by atomic mass is 9.98. The minimum Gasteiger partial charge on any atom is -0.481 e. The molecule has 1 aliphatic heterocycles. The van der Waals surface area contributed by atoms with Gasteiger partial charge in [0.1, 0.15) is 0 Å². The molecular weight excluding hydrogens is 280 g/mol. The molecule has 1 fully saturated rings. The van der Waals surface area contributed by atoms with E-state index in [1.54, 1.807) is 4.90 Å². The van der Waals surface area contributed by atoms with Crippen molar-refractivity contribution in [3.05, 3.63) is 35.9 Å². The highest BCUT2D eigenvalue weighted by atomic mass is 16.4. The predicted octanol–water partition coefficient (Wildman–Crippen LogP) is 2.69. The summed E-state index contributed by atoms with van der Waals surface area (Å²) in [5.74, 6) is -0.854. The van der Waals surface area contributed by atoms with Crippen LogP contribution in [0.5, 0.6) is 0 Å². The van der Waals surface area contributed by atoms with Crippen LogP contribution in [0.15, 0.2) is 30.3 Å². The zero-order valence-corrected chi connectivity index (χ0v) is 13.0. The van der Waals surface area contributed by atoms with Gasteiger partial charge in [-0.2, -0.15) is 0 Å². The number of amides is 2. The summed E-state index contributed by atoms with van der Waals surface area (Å²) in [5.41, 5.74) is 1.26. The number of aliphatic carboxylic acids is 1. The van der Waals surface area contributed by atoms with Gasteiger partial charge in [0.25, 0.3) is 0 Å². The number of piperidine rings is 1. The Labute approximate surface area is 131 Å². The summed E-state index contributed by atoms with van der Waals surface area (Å²) in [5, 5.41) is 12.0. The van der Waals surface area contributed by atoms with E-state index >= 15 is 0 Å². The van der Waals surface area contributed by atoms with Gasteiger partial charge in [0.05, 0.1) is 5.92 Å². The number of carboxylic acids is 1. The average Bonchev–Trinajstić information content (AvgIpc) is 2.55. The van der Waals surface area contributed by atoms with E-state index < -0.39 is 11.9 Å². The summed E-state index contributed by atoms with van der Waals surface area (Å²) in [4.78, 5) is 24.8. The van der Waals surface area contributed by atoms with Crippen molar-refractivity contribution in [3.8, 4) is 0 Å². The van der Waals surface area contributed by atoms with Gasteiger partial charge in [-0.1, -0.05) is 37.3 Å². The van der Waals surface area contributed by atoms with E-state index in [1.165, 1.54) is 5.56 Å². The van der Waals surface area contributed by atoms with Gasteiger partial charge >= 0.3 is 12.0 Å². The van der Waals surface area contributed by atoms with Crippen molar-refractivity contribution in [3.63, 3.8) is 0 Å². The highest BCUT2D eigenvalue weighted by Gasteiger charge is 2.27. The molecule has 1 heterocycles. The first-order valence-electron chi connectivity index (χ1n) is 7.88. The third-order valence-corrected chi connectivity index (χ3v) is 4.28. The van der Waals surface area contributed by atoms with Gasteiger partial charge in [0.15, 0.2) is 0 Å². The number of hydrogen-bond acceptors (Lipinski definition) is 2. The highest BCUT2D eigenvalue weighted by molar-refractivity contribution is 5.76. The molecule has 5 heteroatoms. The van der Waals surface area contributed by atoms with Crippen LogP contribution in [0.4, 0.5) is 4.79 Å². The second-order valence-corrected chi connectivity index (χ2v) is 5.96. The SMILES string of the molecule is CC(CCNC(=O)N1CCCC(C(=O)O)C1)c1ccccc1. The molecule has 0 bridgehead atoms. The Bertz CT molecular complexity index is 504. The van der Waals surface area contributed by atoms with E-state index in [0.29, 0.717) is 32.0 Å². The van der Waals surface area contributed by atoms with Gasteiger partial charge in [-0.25, -0.2) is 4.79 Å². The van der Waals surface area contributed by atoms with Crippen LogP contribution in [0.1, 0.15) is 37.7 Å². The van der Waals surface area contributed by atoms with Crippen molar-refractivity contribution in [2.45, 2.75) is 32.1 Å². The number of urea groups is 1. The van der Waals surface area contributed by atoms with E-state index in [2.05, 4.69) is 24.4 Å². The molecule has 2 amide bonds. The van der Waals surface area contributed by atoms with Crippen molar-refractivity contribution in [1.29, 1.82) is 0 Å². The van der Waals surface area contributed by atoms with Crippen LogP contribution >= 0.6 is 0 Å². The first-order chi connectivity index (χ1) is 10.6. The molecule has 1 aromatic rings. The molecule has 5 nitrogen and oxygen atoms in total. The number of likely N-dealkylation sites (tertiary alicyclic amines) is 1. The van der Waals surface area contributed by atoms with Gasteiger partial charge in [0, 0.05) is 19.6 Å². The maximum Gasteiger partial charge on any atom is 0.317 e. The normalized spacial score (nSPS) is 19.5. The Morgan fingerprint density at radius 3 is 2.77 bits per heavy atom. The molecule has 1 saturated heterocycles. The van der Waals surface area contributed by atoms with Gasteiger partial charge in [-0.3, -0.25) is 4.79 Å². The van der Waals surface area contributed by atoms with Crippen molar-refractivity contribution in [2.24, 2.45) is 5.92 Å². The fourth-order valence-electron chi connectivity index (χ4n) is 2.82. The summed E-state index contributed by atoms with van der Waals surface area (Å²) >= 11 is 0. The number of hydrogen-bond donors (Lipinski definition) is 2. The van der Waals surface area contributed by atoms with Crippen LogP contribution in [-0.2, 0) is 4.79 Å². The third kappa shape index (κ3) is 4.48. The molecular formula is C17H24N2O3. The summed E-state index contributed by atoms with van der Waals surface area (Å²) in [6.07, 6.45) is 2.28. The van der Waals surface area contributed by atoms with Gasteiger partial charge in [-0.05, 0) is 30.7 Å². The molecule has 0 spiro atoms. The smallest absolute Gasteiger partial charge is 0.317 e. The summed E-state index contributed by atoms with van der Waals surface area (Å²) in [6.45, 7) is 3.70. The topological polar surface area (TPSA) is 69.6 Å². The first-order valence-corrected chi connectivity index (χ1v) is 7.88. The minimum atomic E-state index is -0.810. The van der Waals surface area contributed by atoms with Gasteiger partial charge < -0.3 is 15.3 Å². The largest absolute Gasteiger partial charge is 0.481 e. The average molecular weight is 304 g/mol. The van der Waals surface area contributed by atoms with E-state index in [4.69, 9.17) is 5.11 Å². The Morgan fingerprint density at radius 1 is 1.36 bits per heavy atom. The fourth-order valence-corrected chi connectivity index (χ4v) is 2.82. The molecule has 0 saturated carbocycles. The first kappa shape index (κ1) is 16.3. The zero-order chi connectivity index (χ0) is 15.9. The van der Waals surface area contributed by atoms with Gasteiger partial charge in [0.2, 0.25) is 0 Å². The maximum atomic E-state index is 12.1. The van der Waals surface area contributed by atoms with Crippen molar-refractivity contribution >= 4 is 12.0 Å². The zero-order valence-electron chi connectivity index (χ0n) is 13.0. The number of benzene rings is 1. The number of carbonyl (C=O) groups is 2. The second kappa shape index (κ2) is 7.82. The standard InChI is InChI=1S/C17H24N2O3/c1-13(14-6-3-2-4-7-14)9-10-18-17(22)19-11-5-8-15(12-19)16(20)21/h2-4,6-7,13,15H,5,8-12H2,1H3,(H,18,22)(H,20,21). The van der Waals surface area contributed by atoms with Crippen LogP contribution < -0.4 is 5.32 Å². The lowest BCUT2D eigenvalue weighted by Crippen LogP contribution is -2.47. The minimum absolute atomic E-state index is 0.147. The molecule has 1 aliphatic rings. The van der Waals surface area contributed by atoms with E-state index in [9.17, 15) is 9.59 Å². The fraction of sp³-hybridized carbons (Fsp3) is 0.529. The van der Waals surface area contributed by atoms with Crippen LogP contribution in [0.25, 0.3) is 0 Å². The Morgan fingerprint density at radius 2 is 2.09 bits per heavy atom. The maximum absolute atomic E-state index is 12.1. The monoisotopic (exact) mass is 304 g/mol. The molecule has 2 atom stereocenters. The number of carbonyl (C=O) groups excluding carboxylic acids is 1. The van der Waals surface area contributed by atoms with Crippen molar-refractivity contribution in [2.75, 3.05) is 19.6 Å².